The molecule has 0 bridgehead atoms. The minimum atomic E-state index is -1.09. The standard InChI is InChI=1S/C26H22Cl2N6O5/c1-32(8-9-33(2)26(36)37)25(35)34-24-20(4-3-7-30-24)22(31-34)15-38-18-5-6-21(28)23(13-18)39-19-11-16(14-29)10-17(27)12-19/h3-7,10-13H,8-9,15H2,1-2H3,(H,36,37). The minimum Gasteiger partial charge on any atom is -0.487 e. The Hall–Kier alpha value is -4.53. The molecule has 4 rings (SSSR count). The highest BCUT2D eigenvalue weighted by atomic mass is 35.5. The molecule has 13 heteroatoms. The van der Waals surface area contributed by atoms with Crippen LogP contribution in [0, 0.1) is 11.3 Å². The number of carbonyl (C=O) groups is 2. The summed E-state index contributed by atoms with van der Waals surface area (Å²) < 4.78 is 13.0. The number of halogens is 2. The average molecular weight is 569 g/mol. The van der Waals surface area contributed by atoms with Crippen LogP contribution in [0.25, 0.3) is 11.0 Å². The van der Waals surface area contributed by atoms with Gasteiger partial charge in [0.05, 0.1) is 16.7 Å². The molecule has 0 saturated heterocycles. The van der Waals surface area contributed by atoms with Gasteiger partial charge in [0.1, 0.15) is 29.5 Å². The van der Waals surface area contributed by atoms with E-state index in [0.29, 0.717) is 49.6 Å². The molecule has 1 N–H and O–H groups in total. The van der Waals surface area contributed by atoms with Crippen LogP contribution >= 0.6 is 23.2 Å². The summed E-state index contributed by atoms with van der Waals surface area (Å²) in [6.45, 7) is 0.302. The van der Waals surface area contributed by atoms with Crippen LogP contribution in [0.5, 0.6) is 17.2 Å². The van der Waals surface area contributed by atoms with E-state index in [9.17, 15) is 14.9 Å². The van der Waals surface area contributed by atoms with Gasteiger partial charge in [-0.05, 0) is 42.5 Å². The quantitative estimate of drug-likeness (QED) is 0.295. The van der Waals surface area contributed by atoms with Crippen molar-refractivity contribution in [1.29, 1.82) is 5.26 Å². The Morgan fingerprint density at radius 3 is 2.59 bits per heavy atom. The van der Waals surface area contributed by atoms with Crippen molar-refractivity contribution in [3.8, 4) is 23.3 Å². The SMILES string of the molecule is CN(CCN(C)C(=O)n1nc(COc2ccc(Cl)c(Oc3cc(Cl)cc(C#N)c3)c2)c2cccnc21)C(=O)O. The number of nitriles is 1. The average Bonchev–Trinajstić information content (AvgIpc) is 3.29. The number of benzene rings is 2. The van der Waals surface area contributed by atoms with E-state index < -0.39 is 12.1 Å². The van der Waals surface area contributed by atoms with Crippen LogP contribution < -0.4 is 9.47 Å². The molecule has 2 amide bonds. The highest BCUT2D eigenvalue weighted by molar-refractivity contribution is 6.32. The smallest absolute Gasteiger partial charge is 0.407 e. The van der Waals surface area contributed by atoms with Crippen molar-refractivity contribution in [2.45, 2.75) is 6.61 Å². The summed E-state index contributed by atoms with van der Waals surface area (Å²) in [5.41, 5.74) is 1.15. The fourth-order valence-electron chi connectivity index (χ4n) is 3.52. The van der Waals surface area contributed by atoms with E-state index in [4.69, 9.17) is 37.8 Å². The highest BCUT2D eigenvalue weighted by Crippen LogP contribution is 2.34. The first kappa shape index (κ1) is 27.5. The minimum absolute atomic E-state index is 0.00472. The fraction of sp³-hybridized carbons (Fsp3) is 0.192. The van der Waals surface area contributed by atoms with E-state index in [1.54, 1.807) is 49.6 Å². The molecule has 0 aliphatic heterocycles. The first-order chi connectivity index (χ1) is 18.7. The highest BCUT2D eigenvalue weighted by Gasteiger charge is 2.21. The molecule has 2 aromatic heterocycles. The molecule has 0 atom stereocenters. The molecule has 0 aliphatic carbocycles. The lowest BCUT2D eigenvalue weighted by Crippen LogP contribution is -2.39. The Morgan fingerprint density at radius 2 is 1.85 bits per heavy atom. The second kappa shape index (κ2) is 11.9. The zero-order valence-corrected chi connectivity index (χ0v) is 22.3. The van der Waals surface area contributed by atoms with Gasteiger partial charge in [0.2, 0.25) is 0 Å². The van der Waals surface area contributed by atoms with Crippen molar-refractivity contribution in [3.63, 3.8) is 0 Å². The van der Waals surface area contributed by atoms with Crippen molar-refractivity contribution >= 4 is 46.4 Å². The molecule has 11 nitrogen and oxygen atoms in total. The van der Waals surface area contributed by atoms with Crippen LogP contribution in [-0.4, -0.2) is 69.0 Å². The second-order valence-electron chi connectivity index (χ2n) is 8.41. The number of aromatic nitrogens is 3. The molecule has 200 valence electrons. The van der Waals surface area contributed by atoms with Gasteiger partial charge in [-0.1, -0.05) is 23.2 Å². The van der Waals surface area contributed by atoms with Crippen LogP contribution in [0.1, 0.15) is 11.3 Å². The molecule has 39 heavy (non-hydrogen) atoms. The number of pyridine rings is 1. The Balaban J connectivity index is 1.52. The normalized spacial score (nSPS) is 10.6. The van der Waals surface area contributed by atoms with Crippen LogP contribution in [0.4, 0.5) is 9.59 Å². The van der Waals surface area contributed by atoms with Gasteiger partial charge in [-0.3, -0.25) is 0 Å². The van der Waals surface area contributed by atoms with Gasteiger partial charge in [-0.15, -0.1) is 0 Å². The number of nitrogens with zero attached hydrogens (tertiary/aromatic N) is 6. The van der Waals surface area contributed by atoms with E-state index >= 15 is 0 Å². The summed E-state index contributed by atoms with van der Waals surface area (Å²) in [6.07, 6.45) is 0.462. The van der Waals surface area contributed by atoms with Crippen molar-refractivity contribution in [2.24, 2.45) is 0 Å². The molecule has 2 aromatic carbocycles. The number of hydrogen-bond acceptors (Lipinski definition) is 7. The van der Waals surface area contributed by atoms with Gasteiger partial charge in [0, 0.05) is 49.9 Å². The number of fused-ring (bicyclic) bond motifs is 1. The Labute approximate surface area is 233 Å². The Kier molecular flexibility index (Phi) is 8.39. The monoisotopic (exact) mass is 568 g/mol. The third kappa shape index (κ3) is 6.49. The van der Waals surface area contributed by atoms with E-state index in [-0.39, 0.29) is 19.7 Å². The van der Waals surface area contributed by atoms with Crippen LogP contribution in [0.15, 0.2) is 54.7 Å². The van der Waals surface area contributed by atoms with Gasteiger partial charge in [0.25, 0.3) is 0 Å². The zero-order chi connectivity index (χ0) is 28.1. The predicted octanol–water partition coefficient (Wildman–Crippen LogP) is 5.49. The number of carbonyl (C=O) groups excluding carboxylic acids is 1. The third-order valence-electron chi connectivity index (χ3n) is 5.63. The van der Waals surface area contributed by atoms with Gasteiger partial charge in [0.15, 0.2) is 5.65 Å². The van der Waals surface area contributed by atoms with E-state index in [1.165, 1.54) is 24.1 Å². The maximum absolute atomic E-state index is 13.1. The van der Waals surface area contributed by atoms with Crippen molar-refractivity contribution in [3.05, 3.63) is 76.0 Å². The number of amides is 2. The number of rotatable bonds is 8. The summed E-state index contributed by atoms with van der Waals surface area (Å²) in [7, 11) is 2.98. The summed E-state index contributed by atoms with van der Waals surface area (Å²) in [5, 5.41) is 23.9. The van der Waals surface area contributed by atoms with E-state index in [1.807, 2.05) is 6.07 Å². The lowest BCUT2D eigenvalue weighted by Gasteiger charge is -2.20. The molecule has 2 heterocycles. The predicted molar refractivity (Wildman–Crippen MR) is 144 cm³/mol. The number of carboxylic acid groups (broad SMARTS) is 1. The van der Waals surface area contributed by atoms with E-state index in [2.05, 4.69) is 10.1 Å². The van der Waals surface area contributed by atoms with Gasteiger partial charge >= 0.3 is 12.1 Å². The fourth-order valence-corrected chi connectivity index (χ4v) is 3.90. The second-order valence-corrected chi connectivity index (χ2v) is 9.26. The third-order valence-corrected chi connectivity index (χ3v) is 6.16. The molecule has 0 fully saturated rings. The largest absolute Gasteiger partial charge is 0.487 e. The molecule has 0 radical (unpaired) electrons. The summed E-state index contributed by atoms with van der Waals surface area (Å²) in [6, 6.07) is 14.5. The number of ether oxygens (including phenoxy) is 2. The summed E-state index contributed by atoms with van der Waals surface area (Å²) in [4.78, 5) is 30.9. The maximum Gasteiger partial charge on any atom is 0.407 e. The first-order valence-electron chi connectivity index (χ1n) is 11.5. The molecule has 0 aliphatic rings. The first-order valence-corrected chi connectivity index (χ1v) is 12.2. The van der Waals surface area contributed by atoms with Gasteiger partial charge in [-0.25, -0.2) is 14.6 Å². The molecule has 0 spiro atoms. The Morgan fingerprint density at radius 1 is 1.08 bits per heavy atom. The Bertz CT molecular complexity index is 1590. The lowest BCUT2D eigenvalue weighted by atomic mass is 10.2. The molecular weight excluding hydrogens is 547 g/mol. The molecule has 0 unspecified atom stereocenters. The van der Waals surface area contributed by atoms with Gasteiger partial charge < -0.3 is 24.4 Å². The molecular formula is C26H22Cl2N6O5. The van der Waals surface area contributed by atoms with Crippen molar-refractivity contribution in [1.82, 2.24) is 24.6 Å². The number of hydrogen-bond donors (Lipinski definition) is 1. The van der Waals surface area contributed by atoms with Crippen molar-refractivity contribution in [2.75, 3.05) is 27.2 Å². The summed E-state index contributed by atoms with van der Waals surface area (Å²) in [5.74, 6) is 1.05. The van der Waals surface area contributed by atoms with Crippen LogP contribution in [0.2, 0.25) is 10.0 Å². The molecule has 0 saturated carbocycles. The topological polar surface area (TPSA) is 134 Å². The maximum atomic E-state index is 13.1. The molecule has 4 aromatic rings. The lowest BCUT2D eigenvalue weighted by molar-refractivity contribution is 0.150. The van der Waals surface area contributed by atoms with Crippen LogP contribution in [0.3, 0.4) is 0 Å². The summed E-state index contributed by atoms with van der Waals surface area (Å²) >= 11 is 12.4. The van der Waals surface area contributed by atoms with Gasteiger partial charge in [-0.2, -0.15) is 15.0 Å². The van der Waals surface area contributed by atoms with Crippen LogP contribution in [-0.2, 0) is 6.61 Å². The number of likely N-dealkylation sites (N-methyl/N-ethyl adjacent to an activating group) is 2. The zero-order valence-electron chi connectivity index (χ0n) is 20.8. The van der Waals surface area contributed by atoms with E-state index in [0.717, 1.165) is 9.58 Å². The van der Waals surface area contributed by atoms with Crippen molar-refractivity contribution < 1.29 is 24.2 Å².